The van der Waals surface area contributed by atoms with Gasteiger partial charge in [0.1, 0.15) is 10.8 Å². The summed E-state index contributed by atoms with van der Waals surface area (Å²) in [5.74, 6) is 0.0969. The van der Waals surface area contributed by atoms with Gasteiger partial charge in [0.05, 0.1) is 5.02 Å². The minimum atomic E-state index is 0.0969. The highest BCUT2D eigenvalue weighted by molar-refractivity contribution is 7.15. The van der Waals surface area contributed by atoms with Crippen LogP contribution < -0.4 is 5.32 Å². The molecule has 0 amide bonds. The highest BCUT2D eigenvalue weighted by Crippen LogP contribution is 2.24. The monoisotopic (exact) mass is 269 g/mol. The van der Waals surface area contributed by atoms with Gasteiger partial charge in [0.25, 0.3) is 0 Å². The van der Waals surface area contributed by atoms with Crippen molar-refractivity contribution in [1.82, 2.24) is 10.2 Å². The Morgan fingerprint density at radius 3 is 2.88 bits per heavy atom. The van der Waals surface area contributed by atoms with Gasteiger partial charge < -0.3 is 10.4 Å². The van der Waals surface area contributed by atoms with E-state index in [1.165, 1.54) is 0 Å². The summed E-state index contributed by atoms with van der Waals surface area (Å²) in [5, 5.41) is 22.7. The van der Waals surface area contributed by atoms with Crippen LogP contribution in [0.1, 0.15) is 17.5 Å². The fraction of sp³-hybridized carbons (Fsp3) is 0.273. The molecule has 0 atom stereocenters. The number of aromatic nitrogens is 2. The molecular formula is C11H12ClN3OS. The average Bonchev–Trinajstić information content (AvgIpc) is 2.79. The van der Waals surface area contributed by atoms with Crippen molar-refractivity contribution in [3.8, 4) is 5.75 Å². The standard InChI is InChI=1S/C11H12ClN3OS/c1-2-10-14-15-11(17-10)13-6-7-3-4-9(16)8(12)5-7/h3-5,16H,2,6H2,1H3,(H,13,15). The molecule has 0 unspecified atom stereocenters. The Hall–Kier alpha value is -1.33. The predicted molar refractivity (Wildman–Crippen MR) is 69.7 cm³/mol. The molecule has 0 saturated heterocycles. The van der Waals surface area contributed by atoms with E-state index >= 15 is 0 Å². The molecular weight excluding hydrogens is 258 g/mol. The number of anilines is 1. The molecule has 2 rings (SSSR count). The van der Waals surface area contributed by atoms with Gasteiger partial charge in [-0.05, 0) is 24.1 Å². The molecule has 17 heavy (non-hydrogen) atoms. The van der Waals surface area contributed by atoms with E-state index in [-0.39, 0.29) is 5.75 Å². The zero-order valence-electron chi connectivity index (χ0n) is 9.27. The molecule has 2 aromatic rings. The van der Waals surface area contributed by atoms with Gasteiger partial charge in [0, 0.05) is 6.54 Å². The lowest BCUT2D eigenvalue weighted by Gasteiger charge is -2.03. The zero-order valence-corrected chi connectivity index (χ0v) is 10.8. The molecule has 1 aromatic heterocycles. The first-order chi connectivity index (χ1) is 8.19. The van der Waals surface area contributed by atoms with Crippen molar-refractivity contribution in [2.24, 2.45) is 0 Å². The van der Waals surface area contributed by atoms with E-state index in [2.05, 4.69) is 15.5 Å². The van der Waals surface area contributed by atoms with Gasteiger partial charge in [0.2, 0.25) is 5.13 Å². The van der Waals surface area contributed by atoms with Crippen molar-refractivity contribution in [3.05, 3.63) is 33.8 Å². The molecule has 0 aliphatic heterocycles. The minimum Gasteiger partial charge on any atom is -0.506 e. The largest absolute Gasteiger partial charge is 0.506 e. The van der Waals surface area contributed by atoms with Crippen LogP contribution in [-0.2, 0) is 13.0 Å². The average molecular weight is 270 g/mol. The predicted octanol–water partition coefficient (Wildman–Crippen LogP) is 3.07. The second-order valence-electron chi connectivity index (χ2n) is 3.49. The second kappa shape index (κ2) is 5.33. The second-order valence-corrected chi connectivity index (χ2v) is 4.96. The Morgan fingerprint density at radius 2 is 2.24 bits per heavy atom. The fourth-order valence-corrected chi connectivity index (χ4v) is 2.18. The van der Waals surface area contributed by atoms with Crippen LogP contribution in [0, 0.1) is 0 Å². The summed E-state index contributed by atoms with van der Waals surface area (Å²) in [4.78, 5) is 0. The number of rotatable bonds is 4. The van der Waals surface area contributed by atoms with Gasteiger partial charge in [0.15, 0.2) is 0 Å². The lowest BCUT2D eigenvalue weighted by molar-refractivity contribution is 0.475. The fourth-order valence-electron chi connectivity index (χ4n) is 1.31. The first kappa shape index (κ1) is 12.1. The number of aryl methyl sites for hydroxylation is 1. The number of nitrogens with one attached hydrogen (secondary N) is 1. The molecule has 1 heterocycles. The number of nitrogens with zero attached hydrogens (tertiary/aromatic N) is 2. The minimum absolute atomic E-state index is 0.0969. The number of halogens is 1. The third-order valence-electron chi connectivity index (χ3n) is 2.23. The maximum Gasteiger partial charge on any atom is 0.205 e. The van der Waals surface area contributed by atoms with Gasteiger partial charge in [-0.2, -0.15) is 0 Å². The first-order valence-corrected chi connectivity index (χ1v) is 6.42. The lowest BCUT2D eigenvalue weighted by Crippen LogP contribution is -1.98. The maximum atomic E-state index is 9.29. The molecule has 0 bridgehead atoms. The van der Waals surface area contributed by atoms with E-state index in [1.54, 1.807) is 23.5 Å². The third-order valence-corrected chi connectivity index (χ3v) is 3.55. The Balaban J connectivity index is 1.99. The normalized spacial score (nSPS) is 10.5. The van der Waals surface area contributed by atoms with Crippen LogP contribution in [0.2, 0.25) is 5.02 Å². The molecule has 0 spiro atoms. The van der Waals surface area contributed by atoms with Crippen LogP contribution in [0.25, 0.3) is 0 Å². The van der Waals surface area contributed by atoms with Crippen LogP contribution in [0.3, 0.4) is 0 Å². The summed E-state index contributed by atoms with van der Waals surface area (Å²) in [6.07, 6.45) is 0.893. The van der Waals surface area contributed by atoms with Crippen molar-refractivity contribution < 1.29 is 5.11 Å². The van der Waals surface area contributed by atoms with Crippen LogP contribution in [0.4, 0.5) is 5.13 Å². The first-order valence-electron chi connectivity index (χ1n) is 5.22. The van der Waals surface area contributed by atoms with E-state index in [4.69, 9.17) is 11.6 Å². The molecule has 6 heteroatoms. The lowest BCUT2D eigenvalue weighted by atomic mass is 10.2. The van der Waals surface area contributed by atoms with Gasteiger partial charge in [-0.3, -0.25) is 0 Å². The molecule has 0 fully saturated rings. The van der Waals surface area contributed by atoms with Crippen molar-refractivity contribution in [2.45, 2.75) is 19.9 Å². The van der Waals surface area contributed by atoms with E-state index in [1.807, 2.05) is 13.0 Å². The van der Waals surface area contributed by atoms with Crippen molar-refractivity contribution in [3.63, 3.8) is 0 Å². The van der Waals surface area contributed by atoms with Crippen LogP contribution in [0.15, 0.2) is 18.2 Å². The van der Waals surface area contributed by atoms with Crippen molar-refractivity contribution >= 4 is 28.1 Å². The molecule has 90 valence electrons. The summed E-state index contributed by atoms with van der Waals surface area (Å²) in [6, 6.07) is 5.12. The van der Waals surface area contributed by atoms with Crippen LogP contribution in [-0.4, -0.2) is 15.3 Å². The van der Waals surface area contributed by atoms with Crippen molar-refractivity contribution in [1.29, 1.82) is 0 Å². The smallest absolute Gasteiger partial charge is 0.205 e. The van der Waals surface area contributed by atoms with Crippen molar-refractivity contribution in [2.75, 3.05) is 5.32 Å². The Morgan fingerprint density at radius 1 is 1.41 bits per heavy atom. The zero-order chi connectivity index (χ0) is 12.3. The number of aromatic hydroxyl groups is 1. The highest BCUT2D eigenvalue weighted by atomic mass is 35.5. The number of benzene rings is 1. The molecule has 2 N–H and O–H groups in total. The molecule has 0 aliphatic rings. The SMILES string of the molecule is CCc1nnc(NCc2ccc(O)c(Cl)c2)s1. The van der Waals surface area contributed by atoms with E-state index in [0.717, 1.165) is 22.1 Å². The number of hydrogen-bond donors (Lipinski definition) is 2. The molecule has 0 radical (unpaired) electrons. The van der Waals surface area contributed by atoms with Gasteiger partial charge in [-0.25, -0.2) is 0 Å². The van der Waals surface area contributed by atoms with Gasteiger partial charge >= 0.3 is 0 Å². The van der Waals surface area contributed by atoms with Crippen LogP contribution >= 0.6 is 22.9 Å². The summed E-state index contributed by atoms with van der Waals surface area (Å²) in [7, 11) is 0. The Kier molecular flexibility index (Phi) is 3.81. The molecule has 4 nitrogen and oxygen atoms in total. The topological polar surface area (TPSA) is 58.0 Å². The Labute approximate surface area is 108 Å². The highest BCUT2D eigenvalue weighted by Gasteiger charge is 2.03. The summed E-state index contributed by atoms with van der Waals surface area (Å²) < 4.78 is 0. The summed E-state index contributed by atoms with van der Waals surface area (Å²) in [5.41, 5.74) is 0.987. The number of phenols is 1. The van der Waals surface area contributed by atoms with Gasteiger partial charge in [-0.15, -0.1) is 10.2 Å². The molecule has 0 aliphatic carbocycles. The number of hydrogen-bond acceptors (Lipinski definition) is 5. The van der Waals surface area contributed by atoms with Gasteiger partial charge in [-0.1, -0.05) is 35.9 Å². The maximum absolute atomic E-state index is 9.29. The quantitative estimate of drug-likeness (QED) is 0.896. The third kappa shape index (κ3) is 3.08. The Bertz CT molecular complexity index is 515. The molecule has 1 aromatic carbocycles. The molecule has 0 saturated carbocycles. The number of phenolic OH excluding ortho intramolecular Hbond substituents is 1. The van der Waals surface area contributed by atoms with E-state index in [0.29, 0.717) is 11.6 Å². The summed E-state index contributed by atoms with van der Waals surface area (Å²) in [6.45, 7) is 2.66. The van der Waals surface area contributed by atoms with E-state index in [9.17, 15) is 5.11 Å². The summed E-state index contributed by atoms with van der Waals surface area (Å²) >= 11 is 7.36. The van der Waals surface area contributed by atoms with Crippen LogP contribution in [0.5, 0.6) is 5.75 Å². The van der Waals surface area contributed by atoms with E-state index < -0.39 is 0 Å².